The number of amides is 2. The highest BCUT2D eigenvalue weighted by atomic mass is 19.4. The molecular formula is C16H15F3N2O. The fourth-order valence-electron chi connectivity index (χ4n) is 1.88. The number of alkyl halides is 3. The van der Waals surface area contributed by atoms with Gasteiger partial charge in [0.05, 0.1) is 5.56 Å². The summed E-state index contributed by atoms with van der Waals surface area (Å²) in [7, 11) is 0. The molecule has 0 heterocycles. The van der Waals surface area contributed by atoms with Crippen LogP contribution in [-0.4, -0.2) is 6.03 Å². The molecule has 0 aliphatic heterocycles. The van der Waals surface area contributed by atoms with Crippen molar-refractivity contribution >= 4 is 6.03 Å². The van der Waals surface area contributed by atoms with Gasteiger partial charge < -0.3 is 10.6 Å². The highest BCUT2D eigenvalue weighted by Gasteiger charge is 2.30. The Morgan fingerprint density at radius 3 is 2.09 bits per heavy atom. The van der Waals surface area contributed by atoms with Crippen molar-refractivity contribution in [3.05, 3.63) is 71.3 Å². The third-order valence-electron chi connectivity index (χ3n) is 3.00. The van der Waals surface area contributed by atoms with Crippen LogP contribution in [0.5, 0.6) is 0 Å². The number of nitrogens with one attached hydrogen (secondary N) is 2. The Kier molecular flexibility index (Phi) is 5.04. The first kappa shape index (κ1) is 15.9. The Balaban J connectivity index is 1.84. The van der Waals surface area contributed by atoms with Crippen molar-refractivity contribution < 1.29 is 18.0 Å². The molecule has 0 spiro atoms. The average Bonchev–Trinajstić information content (AvgIpc) is 2.51. The molecule has 3 nitrogen and oxygen atoms in total. The van der Waals surface area contributed by atoms with Crippen LogP contribution in [0.25, 0.3) is 0 Å². The molecule has 2 N–H and O–H groups in total. The van der Waals surface area contributed by atoms with E-state index in [-0.39, 0.29) is 6.54 Å². The molecule has 0 saturated heterocycles. The number of carbonyl (C=O) groups excluding carboxylic acids is 1. The van der Waals surface area contributed by atoms with E-state index in [2.05, 4.69) is 10.6 Å². The van der Waals surface area contributed by atoms with Gasteiger partial charge in [-0.05, 0) is 23.3 Å². The molecule has 116 valence electrons. The van der Waals surface area contributed by atoms with Crippen LogP contribution in [0.15, 0.2) is 54.6 Å². The molecule has 0 aliphatic rings. The lowest BCUT2D eigenvalue weighted by Gasteiger charge is -2.10. The molecule has 2 aromatic rings. The number of halogens is 3. The number of urea groups is 1. The minimum absolute atomic E-state index is 0.0323. The normalized spacial score (nSPS) is 11.0. The van der Waals surface area contributed by atoms with E-state index in [4.69, 9.17) is 0 Å². The van der Waals surface area contributed by atoms with Gasteiger partial charge in [-0.15, -0.1) is 0 Å². The number of benzene rings is 2. The van der Waals surface area contributed by atoms with Gasteiger partial charge in [-0.3, -0.25) is 0 Å². The molecule has 0 fully saturated rings. The summed E-state index contributed by atoms with van der Waals surface area (Å²) in [5.41, 5.74) is 0.609. The van der Waals surface area contributed by atoms with Gasteiger partial charge in [-0.1, -0.05) is 42.5 Å². The third kappa shape index (κ3) is 4.80. The quantitative estimate of drug-likeness (QED) is 0.888. The molecule has 6 heteroatoms. The Morgan fingerprint density at radius 1 is 0.864 bits per heavy atom. The van der Waals surface area contributed by atoms with Gasteiger partial charge in [-0.25, -0.2) is 4.79 Å². The number of carbonyl (C=O) groups is 1. The van der Waals surface area contributed by atoms with Crippen LogP contribution in [0.1, 0.15) is 16.7 Å². The van der Waals surface area contributed by atoms with Crippen molar-refractivity contribution in [3.8, 4) is 0 Å². The van der Waals surface area contributed by atoms with Gasteiger partial charge in [-0.2, -0.15) is 13.2 Å². The van der Waals surface area contributed by atoms with Crippen LogP contribution in [0, 0.1) is 0 Å². The van der Waals surface area contributed by atoms with Gasteiger partial charge in [0.2, 0.25) is 0 Å². The molecule has 2 aromatic carbocycles. The van der Waals surface area contributed by atoms with E-state index in [1.54, 1.807) is 0 Å². The van der Waals surface area contributed by atoms with E-state index in [0.717, 1.165) is 17.7 Å². The van der Waals surface area contributed by atoms with Crippen LogP contribution >= 0.6 is 0 Å². The van der Waals surface area contributed by atoms with Crippen LogP contribution in [0.2, 0.25) is 0 Å². The number of hydrogen-bond donors (Lipinski definition) is 2. The Bertz CT molecular complexity index is 627. The maximum Gasteiger partial charge on any atom is 0.416 e. The van der Waals surface area contributed by atoms with E-state index in [0.29, 0.717) is 12.1 Å². The topological polar surface area (TPSA) is 41.1 Å². The first-order valence-corrected chi connectivity index (χ1v) is 6.67. The van der Waals surface area contributed by atoms with Crippen molar-refractivity contribution in [3.63, 3.8) is 0 Å². The summed E-state index contributed by atoms with van der Waals surface area (Å²) in [6.07, 6.45) is -4.38. The minimum atomic E-state index is -4.38. The van der Waals surface area contributed by atoms with E-state index in [1.807, 2.05) is 30.3 Å². The Hall–Kier alpha value is -2.50. The van der Waals surface area contributed by atoms with Crippen molar-refractivity contribution in [1.82, 2.24) is 10.6 Å². The molecule has 0 saturated carbocycles. The molecule has 0 atom stereocenters. The summed E-state index contributed by atoms with van der Waals surface area (Å²) in [5, 5.41) is 5.17. The Labute approximate surface area is 126 Å². The van der Waals surface area contributed by atoms with Gasteiger partial charge >= 0.3 is 12.2 Å². The number of hydrogen-bond acceptors (Lipinski definition) is 1. The molecule has 22 heavy (non-hydrogen) atoms. The first-order chi connectivity index (χ1) is 10.4. The highest BCUT2D eigenvalue weighted by Crippen LogP contribution is 2.29. The average molecular weight is 308 g/mol. The van der Waals surface area contributed by atoms with E-state index < -0.39 is 17.8 Å². The zero-order valence-electron chi connectivity index (χ0n) is 11.7. The third-order valence-corrected chi connectivity index (χ3v) is 3.00. The lowest BCUT2D eigenvalue weighted by molar-refractivity contribution is -0.137. The summed E-state index contributed by atoms with van der Waals surface area (Å²) in [6.45, 7) is 0.389. The van der Waals surface area contributed by atoms with Gasteiger partial charge in [0, 0.05) is 13.1 Å². The SMILES string of the molecule is O=C(NCc1ccccc1)NCc1cccc(C(F)(F)F)c1. The van der Waals surface area contributed by atoms with E-state index >= 15 is 0 Å². The summed E-state index contributed by atoms with van der Waals surface area (Å²) < 4.78 is 37.7. The van der Waals surface area contributed by atoms with Gasteiger partial charge in [0.1, 0.15) is 0 Å². The fourth-order valence-corrected chi connectivity index (χ4v) is 1.88. The highest BCUT2D eigenvalue weighted by molar-refractivity contribution is 5.73. The second-order valence-electron chi connectivity index (χ2n) is 4.72. The van der Waals surface area contributed by atoms with Crippen molar-refractivity contribution in [2.45, 2.75) is 19.3 Å². The summed E-state index contributed by atoms with van der Waals surface area (Å²) >= 11 is 0. The van der Waals surface area contributed by atoms with E-state index in [1.165, 1.54) is 12.1 Å². The monoisotopic (exact) mass is 308 g/mol. The van der Waals surface area contributed by atoms with Crippen LogP contribution < -0.4 is 10.6 Å². The largest absolute Gasteiger partial charge is 0.416 e. The fraction of sp³-hybridized carbons (Fsp3) is 0.188. The molecular weight excluding hydrogens is 293 g/mol. The summed E-state index contributed by atoms with van der Waals surface area (Å²) in [5.74, 6) is 0. The predicted octanol–water partition coefficient (Wildman–Crippen LogP) is 3.70. The standard InChI is InChI=1S/C16H15F3N2O/c17-16(18,19)14-8-4-7-13(9-14)11-21-15(22)20-10-12-5-2-1-3-6-12/h1-9H,10-11H2,(H2,20,21,22). The van der Waals surface area contributed by atoms with Crippen LogP contribution in [0.3, 0.4) is 0 Å². The lowest BCUT2D eigenvalue weighted by atomic mass is 10.1. The lowest BCUT2D eigenvalue weighted by Crippen LogP contribution is -2.34. The second kappa shape index (κ2) is 6.98. The van der Waals surface area contributed by atoms with Gasteiger partial charge in [0.25, 0.3) is 0 Å². The molecule has 2 rings (SSSR count). The Morgan fingerprint density at radius 2 is 1.45 bits per heavy atom. The molecule has 0 unspecified atom stereocenters. The molecule has 2 amide bonds. The zero-order valence-corrected chi connectivity index (χ0v) is 11.7. The summed E-state index contributed by atoms with van der Waals surface area (Å²) in [4.78, 5) is 11.6. The molecule has 0 aromatic heterocycles. The van der Waals surface area contributed by atoms with Crippen molar-refractivity contribution in [2.24, 2.45) is 0 Å². The maximum atomic E-state index is 12.6. The van der Waals surface area contributed by atoms with Crippen LogP contribution in [-0.2, 0) is 19.3 Å². The minimum Gasteiger partial charge on any atom is -0.334 e. The first-order valence-electron chi connectivity index (χ1n) is 6.67. The van der Waals surface area contributed by atoms with Crippen LogP contribution in [0.4, 0.5) is 18.0 Å². The molecule has 0 aliphatic carbocycles. The maximum absolute atomic E-state index is 12.6. The predicted molar refractivity (Wildman–Crippen MR) is 77.0 cm³/mol. The summed E-state index contributed by atoms with van der Waals surface area (Å²) in [6, 6.07) is 13.8. The van der Waals surface area contributed by atoms with Crippen molar-refractivity contribution in [1.29, 1.82) is 0 Å². The molecule has 0 radical (unpaired) electrons. The number of rotatable bonds is 4. The second-order valence-corrected chi connectivity index (χ2v) is 4.72. The van der Waals surface area contributed by atoms with Gasteiger partial charge in [0.15, 0.2) is 0 Å². The van der Waals surface area contributed by atoms with E-state index in [9.17, 15) is 18.0 Å². The zero-order chi connectivity index (χ0) is 16.0. The molecule has 0 bridgehead atoms. The smallest absolute Gasteiger partial charge is 0.334 e. The van der Waals surface area contributed by atoms with Crippen molar-refractivity contribution in [2.75, 3.05) is 0 Å².